The van der Waals surface area contributed by atoms with Gasteiger partial charge in [0, 0.05) is 25.5 Å². The first-order chi connectivity index (χ1) is 10.1. The maximum absolute atomic E-state index is 13.3. The summed E-state index contributed by atoms with van der Waals surface area (Å²) in [5, 5.41) is 3.39. The van der Waals surface area contributed by atoms with Crippen molar-refractivity contribution in [3.63, 3.8) is 0 Å². The van der Waals surface area contributed by atoms with Crippen molar-refractivity contribution < 1.29 is 4.39 Å². The molecule has 0 radical (unpaired) electrons. The molecular formula is C17H22FN3. The first-order valence-electron chi connectivity index (χ1n) is 7.21. The van der Waals surface area contributed by atoms with Crippen LogP contribution in [0.2, 0.25) is 0 Å². The first-order valence-corrected chi connectivity index (χ1v) is 7.21. The molecule has 0 aliphatic heterocycles. The van der Waals surface area contributed by atoms with E-state index in [9.17, 15) is 4.39 Å². The third kappa shape index (κ3) is 4.53. The van der Waals surface area contributed by atoms with Crippen LogP contribution >= 0.6 is 0 Å². The second-order valence-electron chi connectivity index (χ2n) is 5.59. The van der Waals surface area contributed by atoms with Gasteiger partial charge < -0.3 is 10.2 Å². The SMILES string of the molecule is CC(C)CNCc1ccc(N(C)c2cccc(F)c2)nc1. The minimum atomic E-state index is -0.242. The number of anilines is 2. The fourth-order valence-electron chi connectivity index (χ4n) is 2.04. The van der Waals surface area contributed by atoms with Gasteiger partial charge in [-0.1, -0.05) is 26.0 Å². The van der Waals surface area contributed by atoms with Crippen molar-refractivity contribution in [3.8, 4) is 0 Å². The van der Waals surface area contributed by atoms with Crippen molar-refractivity contribution in [3.05, 3.63) is 54.0 Å². The lowest BCUT2D eigenvalue weighted by atomic mass is 10.2. The highest BCUT2D eigenvalue weighted by Gasteiger charge is 2.06. The third-order valence-corrected chi connectivity index (χ3v) is 3.23. The summed E-state index contributed by atoms with van der Waals surface area (Å²) in [5.74, 6) is 1.19. The second-order valence-corrected chi connectivity index (χ2v) is 5.59. The number of nitrogens with one attached hydrogen (secondary N) is 1. The third-order valence-electron chi connectivity index (χ3n) is 3.23. The summed E-state index contributed by atoms with van der Waals surface area (Å²) >= 11 is 0. The number of hydrogen-bond acceptors (Lipinski definition) is 3. The number of nitrogens with zero attached hydrogens (tertiary/aromatic N) is 2. The van der Waals surface area contributed by atoms with E-state index < -0.39 is 0 Å². The van der Waals surface area contributed by atoms with Crippen molar-refractivity contribution in [1.82, 2.24) is 10.3 Å². The van der Waals surface area contributed by atoms with Gasteiger partial charge in [0.1, 0.15) is 11.6 Å². The fraction of sp³-hybridized carbons (Fsp3) is 0.353. The molecule has 1 aromatic heterocycles. The minimum absolute atomic E-state index is 0.242. The number of rotatable bonds is 6. The van der Waals surface area contributed by atoms with Crippen LogP contribution in [0, 0.1) is 11.7 Å². The lowest BCUT2D eigenvalue weighted by Gasteiger charge is -2.18. The zero-order valence-electron chi connectivity index (χ0n) is 12.8. The summed E-state index contributed by atoms with van der Waals surface area (Å²) < 4.78 is 13.3. The second kappa shape index (κ2) is 7.18. The summed E-state index contributed by atoms with van der Waals surface area (Å²) in [6.07, 6.45) is 1.86. The smallest absolute Gasteiger partial charge is 0.132 e. The van der Waals surface area contributed by atoms with Gasteiger partial charge in [0.05, 0.1) is 0 Å². The van der Waals surface area contributed by atoms with E-state index in [0.29, 0.717) is 5.92 Å². The molecule has 2 aromatic rings. The van der Waals surface area contributed by atoms with Gasteiger partial charge in [-0.05, 0) is 42.3 Å². The normalized spacial score (nSPS) is 10.9. The molecule has 112 valence electrons. The first kappa shape index (κ1) is 15.4. The topological polar surface area (TPSA) is 28.2 Å². The van der Waals surface area contributed by atoms with E-state index >= 15 is 0 Å². The van der Waals surface area contributed by atoms with Crippen molar-refractivity contribution in [2.75, 3.05) is 18.5 Å². The molecule has 1 heterocycles. The lowest BCUT2D eigenvalue weighted by Crippen LogP contribution is -2.19. The summed E-state index contributed by atoms with van der Waals surface area (Å²) in [7, 11) is 1.88. The average molecular weight is 287 g/mol. The molecule has 4 heteroatoms. The fourth-order valence-corrected chi connectivity index (χ4v) is 2.04. The molecule has 0 saturated carbocycles. The van der Waals surface area contributed by atoms with Crippen LogP contribution in [0.1, 0.15) is 19.4 Å². The van der Waals surface area contributed by atoms with Crippen LogP contribution in [0.4, 0.5) is 15.9 Å². The molecule has 1 aromatic carbocycles. The van der Waals surface area contributed by atoms with Gasteiger partial charge in [-0.15, -0.1) is 0 Å². The molecule has 21 heavy (non-hydrogen) atoms. The molecule has 0 unspecified atom stereocenters. The number of aromatic nitrogens is 1. The van der Waals surface area contributed by atoms with Gasteiger partial charge >= 0.3 is 0 Å². The number of pyridine rings is 1. The number of benzene rings is 1. The largest absolute Gasteiger partial charge is 0.329 e. The summed E-state index contributed by atoms with van der Waals surface area (Å²) in [6.45, 7) is 6.17. The molecule has 0 bridgehead atoms. The van der Waals surface area contributed by atoms with Crippen molar-refractivity contribution >= 4 is 11.5 Å². The van der Waals surface area contributed by atoms with Gasteiger partial charge in [0.25, 0.3) is 0 Å². The van der Waals surface area contributed by atoms with Gasteiger partial charge in [-0.2, -0.15) is 0 Å². The summed E-state index contributed by atoms with van der Waals surface area (Å²) in [5.41, 5.74) is 1.93. The Morgan fingerprint density at radius 2 is 2.05 bits per heavy atom. The molecule has 0 fully saturated rings. The Morgan fingerprint density at radius 1 is 1.24 bits per heavy atom. The van der Waals surface area contributed by atoms with E-state index in [4.69, 9.17) is 0 Å². The van der Waals surface area contributed by atoms with E-state index in [1.54, 1.807) is 6.07 Å². The summed E-state index contributed by atoms with van der Waals surface area (Å²) in [6, 6.07) is 10.5. The zero-order valence-corrected chi connectivity index (χ0v) is 12.8. The van der Waals surface area contributed by atoms with Crippen LogP contribution in [-0.4, -0.2) is 18.6 Å². The van der Waals surface area contributed by atoms with E-state index in [-0.39, 0.29) is 5.82 Å². The Labute approximate surface area is 125 Å². The molecule has 0 aliphatic carbocycles. The number of hydrogen-bond donors (Lipinski definition) is 1. The molecule has 0 spiro atoms. The van der Waals surface area contributed by atoms with Gasteiger partial charge in [0.15, 0.2) is 0 Å². The van der Waals surface area contributed by atoms with E-state index in [0.717, 1.165) is 30.2 Å². The molecule has 3 nitrogen and oxygen atoms in total. The van der Waals surface area contributed by atoms with E-state index in [1.165, 1.54) is 12.1 Å². The average Bonchev–Trinajstić information content (AvgIpc) is 2.47. The van der Waals surface area contributed by atoms with Crippen LogP contribution in [-0.2, 0) is 6.54 Å². The van der Waals surface area contributed by atoms with Crippen molar-refractivity contribution in [1.29, 1.82) is 0 Å². The molecule has 0 saturated heterocycles. The molecule has 1 N–H and O–H groups in total. The molecule has 0 amide bonds. The quantitative estimate of drug-likeness (QED) is 0.877. The van der Waals surface area contributed by atoms with Gasteiger partial charge in [0.2, 0.25) is 0 Å². The van der Waals surface area contributed by atoms with Crippen molar-refractivity contribution in [2.45, 2.75) is 20.4 Å². The standard InChI is InChI=1S/C17H22FN3/c1-13(2)10-19-11-14-7-8-17(20-12-14)21(3)16-6-4-5-15(18)9-16/h4-9,12-13,19H,10-11H2,1-3H3. The predicted molar refractivity (Wildman–Crippen MR) is 85.2 cm³/mol. The Morgan fingerprint density at radius 3 is 2.67 bits per heavy atom. The molecule has 0 aliphatic rings. The van der Waals surface area contributed by atoms with Crippen LogP contribution in [0.25, 0.3) is 0 Å². The highest BCUT2D eigenvalue weighted by molar-refractivity contribution is 5.58. The lowest BCUT2D eigenvalue weighted by molar-refractivity contribution is 0.552. The van der Waals surface area contributed by atoms with Crippen LogP contribution in [0.15, 0.2) is 42.6 Å². The minimum Gasteiger partial charge on any atom is -0.329 e. The van der Waals surface area contributed by atoms with Gasteiger partial charge in [-0.25, -0.2) is 9.37 Å². The molecule has 0 atom stereocenters. The monoisotopic (exact) mass is 287 g/mol. The van der Waals surface area contributed by atoms with E-state index in [1.807, 2.05) is 36.3 Å². The van der Waals surface area contributed by atoms with Crippen LogP contribution in [0.5, 0.6) is 0 Å². The maximum Gasteiger partial charge on any atom is 0.132 e. The summed E-state index contributed by atoms with van der Waals surface area (Å²) in [4.78, 5) is 6.32. The zero-order chi connectivity index (χ0) is 15.2. The predicted octanol–water partition coefficient (Wildman–Crippen LogP) is 3.73. The Hall–Kier alpha value is -1.94. The Balaban J connectivity index is 2.01. The number of halogens is 1. The highest BCUT2D eigenvalue weighted by Crippen LogP contribution is 2.22. The van der Waals surface area contributed by atoms with E-state index in [2.05, 4.69) is 24.1 Å². The Bertz CT molecular complexity index is 567. The molecular weight excluding hydrogens is 265 g/mol. The van der Waals surface area contributed by atoms with Gasteiger partial charge in [-0.3, -0.25) is 0 Å². The van der Waals surface area contributed by atoms with Crippen LogP contribution < -0.4 is 10.2 Å². The van der Waals surface area contributed by atoms with Crippen molar-refractivity contribution in [2.24, 2.45) is 5.92 Å². The highest BCUT2D eigenvalue weighted by atomic mass is 19.1. The van der Waals surface area contributed by atoms with Crippen LogP contribution in [0.3, 0.4) is 0 Å². The molecule has 2 rings (SSSR count). The maximum atomic E-state index is 13.3. The Kier molecular flexibility index (Phi) is 5.28.